The van der Waals surface area contributed by atoms with Crippen molar-refractivity contribution in [3.8, 4) is 5.75 Å². The van der Waals surface area contributed by atoms with Gasteiger partial charge >= 0.3 is 0 Å². The maximum absolute atomic E-state index is 12.5. The highest BCUT2D eigenvalue weighted by Crippen LogP contribution is 2.23. The van der Waals surface area contributed by atoms with Gasteiger partial charge in [0.05, 0.1) is 6.10 Å². The van der Waals surface area contributed by atoms with Gasteiger partial charge in [0.25, 0.3) is 0 Å². The lowest BCUT2D eigenvalue weighted by Crippen LogP contribution is -1.92. The van der Waals surface area contributed by atoms with Crippen molar-refractivity contribution in [2.24, 2.45) is 0 Å². The zero-order chi connectivity index (χ0) is 8.43. The molecule has 1 unspecified atom stereocenters. The highest BCUT2D eigenvalue weighted by Gasteiger charge is 2.07. The van der Waals surface area contributed by atoms with Crippen molar-refractivity contribution < 1.29 is 14.6 Å². The molecule has 2 N–H and O–H groups in total. The van der Waals surface area contributed by atoms with Crippen LogP contribution in [0.15, 0.2) is 18.2 Å². The van der Waals surface area contributed by atoms with E-state index in [9.17, 15) is 4.39 Å². The van der Waals surface area contributed by atoms with Crippen molar-refractivity contribution >= 4 is 0 Å². The van der Waals surface area contributed by atoms with Crippen LogP contribution in [-0.4, -0.2) is 10.2 Å². The Morgan fingerprint density at radius 2 is 2.09 bits per heavy atom. The summed E-state index contributed by atoms with van der Waals surface area (Å²) in [5, 5.41) is 18.1. The standard InChI is InChI=1S/C8H9FO2/c1-5(10)7-4-6(9)2-3-8(7)11/h2-5,10-11H,1H3. The first-order valence-corrected chi connectivity index (χ1v) is 3.27. The molecule has 0 aliphatic rings. The first-order chi connectivity index (χ1) is 5.11. The van der Waals surface area contributed by atoms with Crippen LogP contribution >= 0.6 is 0 Å². The number of aromatic hydroxyl groups is 1. The molecular formula is C8H9FO2. The lowest BCUT2D eigenvalue weighted by atomic mass is 10.1. The average molecular weight is 156 g/mol. The van der Waals surface area contributed by atoms with Crippen LogP contribution in [0, 0.1) is 5.82 Å². The van der Waals surface area contributed by atoms with Crippen LogP contribution in [0.5, 0.6) is 5.75 Å². The Morgan fingerprint density at radius 1 is 1.45 bits per heavy atom. The Bertz CT molecular complexity index is 258. The molecule has 1 aromatic carbocycles. The molecule has 0 fully saturated rings. The van der Waals surface area contributed by atoms with Gasteiger partial charge in [-0.15, -0.1) is 0 Å². The first kappa shape index (κ1) is 8.01. The van der Waals surface area contributed by atoms with Gasteiger partial charge in [-0.05, 0) is 25.1 Å². The number of phenols is 1. The second kappa shape index (κ2) is 2.88. The summed E-state index contributed by atoms with van der Waals surface area (Å²) >= 11 is 0. The molecule has 60 valence electrons. The monoisotopic (exact) mass is 156 g/mol. The molecule has 0 radical (unpaired) electrons. The maximum atomic E-state index is 12.5. The molecule has 11 heavy (non-hydrogen) atoms. The van der Waals surface area contributed by atoms with Gasteiger partial charge in [-0.2, -0.15) is 0 Å². The second-order valence-corrected chi connectivity index (χ2v) is 2.38. The Hall–Kier alpha value is -1.09. The first-order valence-electron chi connectivity index (χ1n) is 3.27. The molecule has 0 aliphatic heterocycles. The third-order valence-corrected chi connectivity index (χ3v) is 1.44. The largest absolute Gasteiger partial charge is 0.508 e. The van der Waals surface area contributed by atoms with Gasteiger partial charge in [-0.1, -0.05) is 0 Å². The summed E-state index contributed by atoms with van der Waals surface area (Å²) in [6.45, 7) is 1.47. The normalized spacial score (nSPS) is 13.0. The van der Waals surface area contributed by atoms with Crippen LogP contribution in [0.3, 0.4) is 0 Å². The van der Waals surface area contributed by atoms with E-state index in [1.165, 1.54) is 13.0 Å². The highest BCUT2D eigenvalue weighted by atomic mass is 19.1. The van der Waals surface area contributed by atoms with Crippen molar-refractivity contribution in [2.45, 2.75) is 13.0 Å². The van der Waals surface area contributed by atoms with Gasteiger partial charge in [0.2, 0.25) is 0 Å². The molecule has 0 heterocycles. The Labute approximate surface area is 63.9 Å². The number of rotatable bonds is 1. The van der Waals surface area contributed by atoms with E-state index in [-0.39, 0.29) is 11.3 Å². The summed E-state index contributed by atoms with van der Waals surface area (Å²) in [6, 6.07) is 3.47. The highest BCUT2D eigenvalue weighted by molar-refractivity contribution is 5.33. The topological polar surface area (TPSA) is 40.5 Å². The van der Waals surface area contributed by atoms with E-state index in [0.29, 0.717) is 0 Å². The van der Waals surface area contributed by atoms with Gasteiger partial charge in [0.1, 0.15) is 11.6 Å². The van der Waals surface area contributed by atoms with E-state index < -0.39 is 11.9 Å². The van der Waals surface area contributed by atoms with Gasteiger partial charge in [-0.3, -0.25) is 0 Å². The van der Waals surface area contributed by atoms with E-state index >= 15 is 0 Å². The van der Waals surface area contributed by atoms with Crippen molar-refractivity contribution in [2.75, 3.05) is 0 Å². The van der Waals surface area contributed by atoms with E-state index in [1.807, 2.05) is 0 Å². The molecule has 0 aliphatic carbocycles. The molecule has 0 aromatic heterocycles. The van der Waals surface area contributed by atoms with Gasteiger partial charge in [0, 0.05) is 5.56 Å². The number of phenolic OH excluding ortho intramolecular Hbond substituents is 1. The maximum Gasteiger partial charge on any atom is 0.123 e. The zero-order valence-corrected chi connectivity index (χ0v) is 6.08. The number of halogens is 1. The quantitative estimate of drug-likeness (QED) is 0.648. The Morgan fingerprint density at radius 3 is 2.55 bits per heavy atom. The smallest absolute Gasteiger partial charge is 0.123 e. The van der Waals surface area contributed by atoms with Crippen molar-refractivity contribution in [1.29, 1.82) is 0 Å². The molecule has 3 heteroatoms. The number of benzene rings is 1. The number of aliphatic hydroxyl groups excluding tert-OH is 1. The molecule has 0 bridgehead atoms. The van der Waals surface area contributed by atoms with Crippen LogP contribution in [0.4, 0.5) is 4.39 Å². The van der Waals surface area contributed by atoms with Crippen LogP contribution < -0.4 is 0 Å². The molecule has 0 spiro atoms. The summed E-state index contributed by atoms with van der Waals surface area (Å²) in [4.78, 5) is 0. The molecule has 2 nitrogen and oxygen atoms in total. The summed E-state index contributed by atoms with van der Waals surface area (Å²) in [7, 11) is 0. The third kappa shape index (κ3) is 1.68. The van der Waals surface area contributed by atoms with E-state index in [2.05, 4.69) is 0 Å². The van der Waals surface area contributed by atoms with Gasteiger partial charge in [-0.25, -0.2) is 4.39 Å². The van der Waals surface area contributed by atoms with Crippen LogP contribution in [-0.2, 0) is 0 Å². The van der Waals surface area contributed by atoms with E-state index in [0.717, 1.165) is 12.1 Å². The SMILES string of the molecule is CC(O)c1cc(F)ccc1O. The summed E-state index contributed by atoms with van der Waals surface area (Å²) < 4.78 is 12.5. The van der Waals surface area contributed by atoms with E-state index in [1.54, 1.807) is 0 Å². The van der Waals surface area contributed by atoms with E-state index in [4.69, 9.17) is 10.2 Å². The van der Waals surface area contributed by atoms with Gasteiger partial charge < -0.3 is 10.2 Å². The van der Waals surface area contributed by atoms with Crippen molar-refractivity contribution in [1.82, 2.24) is 0 Å². The fraction of sp³-hybridized carbons (Fsp3) is 0.250. The lowest BCUT2D eigenvalue weighted by Gasteiger charge is -2.06. The van der Waals surface area contributed by atoms with Crippen molar-refractivity contribution in [3.05, 3.63) is 29.6 Å². The summed E-state index contributed by atoms with van der Waals surface area (Å²) in [6.07, 6.45) is -0.842. The number of hydrogen-bond acceptors (Lipinski definition) is 2. The summed E-state index contributed by atoms with van der Waals surface area (Å²) in [5.74, 6) is -0.542. The average Bonchev–Trinajstić information content (AvgIpc) is 1.94. The Kier molecular flexibility index (Phi) is 2.10. The Balaban J connectivity index is 3.13. The minimum atomic E-state index is -0.842. The molecule has 1 rings (SSSR count). The predicted octanol–water partition coefficient (Wildman–Crippen LogP) is 1.58. The van der Waals surface area contributed by atoms with Crippen LogP contribution in [0.1, 0.15) is 18.6 Å². The predicted molar refractivity (Wildman–Crippen MR) is 38.7 cm³/mol. The molecule has 0 saturated carbocycles. The van der Waals surface area contributed by atoms with Crippen molar-refractivity contribution in [3.63, 3.8) is 0 Å². The minimum absolute atomic E-state index is 0.0820. The molecule has 1 aromatic rings. The van der Waals surface area contributed by atoms with Crippen LogP contribution in [0.25, 0.3) is 0 Å². The minimum Gasteiger partial charge on any atom is -0.508 e. The molecular weight excluding hydrogens is 147 g/mol. The fourth-order valence-electron chi connectivity index (χ4n) is 0.860. The zero-order valence-electron chi connectivity index (χ0n) is 6.08. The summed E-state index contributed by atoms with van der Waals surface area (Å²) in [5.41, 5.74) is 0.213. The third-order valence-electron chi connectivity index (χ3n) is 1.44. The molecule has 0 saturated heterocycles. The van der Waals surface area contributed by atoms with Crippen LogP contribution in [0.2, 0.25) is 0 Å². The number of hydrogen-bond donors (Lipinski definition) is 2. The fourth-order valence-corrected chi connectivity index (χ4v) is 0.860. The van der Waals surface area contributed by atoms with Gasteiger partial charge in [0.15, 0.2) is 0 Å². The number of aliphatic hydroxyl groups is 1. The second-order valence-electron chi connectivity index (χ2n) is 2.38. The molecule has 1 atom stereocenters. The lowest BCUT2D eigenvalue weighted by molar-refractivity contribution is 0.194. The molecule has 0 amide bonds.